The molecule has 0 aliphatic carbocycles. The van der Waals surface area contributed by atoms with E-state index in [1.165, 1.54) is 11.0 Å². The molecule has 0 aromatic heterocycles. The van der Waals surface area contributed by atoms with Crippen LogP contribution in [0.1, 0.15) is 56.4 Å². The fourth-order valence-corrected chi connectivity index (χ4v) is 4.25. The maximum atomic E-state index is 13.5. The molecule has 0 fully saturated rings. The number of rotatable bonds is 4. The lowest BCUT2D eigenvalue weighted by atomic mass is 9.91. The summed E-state index contributed by atoms with van der Waals surface area (Å²) in [6.45, 7) is 13.1. The average molecular weight is 441 g/mol. The second-order valence-electron chi connectivity index (χ2n) is 9.68. The van der Waals surface area contributed by atoms with Gasteiger partial charge < -0.3 is 9.64 Å². The number of hydrogen-bond donors (Lipinski definition) is 0. The number of benzene rings is 2. The zero-order valence-corrected chi connectivity index (χ0v) is 19.9. The van der Waals surface area contributed by atoms with E-state index < -0.39 is 6.09 Å². The van der Waals surface area contributed by atoms with Crippen molar-refractivity contribution >= 4 is 23.4 Å². The van der Waals surface area contributed by atoms with Gasteiger partial charge in [0.05, 0.1) is 12.3 Å². The summed E-state index contributed by atoms with van der Waals surface area (Å²) in [5, 5.41) is 0. The second-order valence-corrected chi connectivity index (χ2v) is 9.68. The highest BCUT2D eigenvalue weighted by molar-refractivity contribution is 6.13. The number of ether oxygens (including phenoxy) is 1. The van der Waals surface area contributed by atoms with Crippen LogP contribution in [-0.4, -0.2) is 25.2 Å². The second kappa shape index (κ2) is 9.31. The van der Waals surface area contributed by atoms with Crippen molar-refractivity contribution in [3.05, 3.63) is 58.4 Å². The van der Waals surface area contributed by atoms with Crippen molar-refractivity contribution < 1.29 is 18.7 Å². The van der Waals surface area contributed by atoms with Crippen molar-refractivity contribution in [2.24, 2.45) is 5.41 Å². The van der Waals surface area contributed by atoms with E-state index in [-0.39, 0.29) is 30.2 Å². The van der Waals surface area contributed by atoms with Gasteiger partial charge >= 0.3 is 6.09 Å². The van der Waals surface area contributed by atoms with Crippen LogP contribution in [0.4, 0.5) is 20.6 Å². The molecule has 0 atom stereocenters. The molecule has 2 aromatic rings. The zero-order chi connectivity index (χ0) is 23.6. The Bertz CT molecular complexity index is 1000. The van der Waals surface area contributed by atoms with Crippen LogP contribution in [0.25, 0.3) is 0 Å². The molecule has 0 unspecified atom stereocenters. The van der Waals surface area contributed by atoms with Gasteiger partial charge in [0.2, 0.25) is 5.91 Å². The number of amides is 2. The summed E-state index contributed by atoms with van der Waals surface area (Å²) in [6.07, 6.45) is 0.354. The van der Waals surface area contributed by atoms with Gasteiger partial charge in [0.25, 0.3) is 0 Å². The average Bonchev–Trinajstić information content (AvgIpc) is 2.68. The minimum absolute atomic E-state index is 0.197. The van der Waals surface area contributed by atoms with Gasteiger partial charge in [0, 0.05) is 25.2 Å². The van der Waals surface area contributed by atoms with E-state index >= 15 is 0 Å². The number of fused-ring (bicyclic) bond motifs is 1. The topological polar surface area (TPSA) is 49.9 Å². The van der Waals surface area contributed by atoms with Gasteiger partial charge in [-0.05, 0) is 79.1 Å². The Morgan fingerprint density at radius 3 is 2.34 bits per heavy atom. The quantitative estimate of drug-likeness (QED) is 0.591. The molecule has 32 heavy (non-hydrogen) atoms. The molecule has 6 heteroatoms. The van der Waals surface area contributed by atoms with Crippen molar-refractivity contribution in [1.29, 1.82) is 0 Å². The van der Waals surface area contributed by atoms with E-state index in [4.69, 9.17) is 4.74 Å². The molecule has 172 valence electrons. The fourth-order valence-electron chi connectivity index (χ4n) is 4.25. The Morgan fingerprint density at radius 1 is 1.09 bits per heavy atom. The highest BCUT2D eigenvalue weighted by Crippen LogP contribution is 2.34. The Hall–Kier alpha value is -2.89. The van der Waals surface area contributed by atoms with Crippen molar-refractivity contribution in [2.45, 2.75) is 60.9 Å². The Kier molecular flexibility index (Phi) is 6.91. The van der Waals surface area contributed by atoms with Crippen LogP contribution >= 0.6 is 0 Å². The van der Waals surface area contributed by atoms with Crippen LogP contribution in [-0.2, 0) is 22.5 Å². The highest BCUT2D eigenvalue weighted by Gasteiger charge is 2.31. The molecule has 0 saturated carbocycles. The predicted molar refractivity (Wildman–Crippen MR) is 126 cm³/mol. The number of aryl methyl sites for hydroxylation is 2. The number of carbonyl (C=O) groups excluding carboxylic acids is 2. The normalized spacial score (nSPS) is 13.5. The summed E-state index contributed by atoms with van der Waals surface area (Å²) < 4.78 is 18.8. The lowest BCUT2D eigenvalue weighted by Crippen LogP contribution is -2.40. The molecule has 0 saturated heterocycles. The predicted octanol–water partition coefficient (Wildman–Crippen LogP) is 5.93. The monoisotopic (exact) mass is 440 g/mol. The van der Waals surface area contributed by atoms with Crippen LogP contribution in [0.3, 0.4) is 0 Å². The van der Waals surface area contributed by atoms with E-state index in [2.05, 4.69) is 4.90 Å². The summed E-state index contributed by atoms with van der Waals surface area (Å²) in [6, 6.07) is 8.98. The Labute approximate surface area is 190 Å². The molecular formula is C26H33FN2O3. The van der Waals surface area contributed by atoms with E-state index in [1.54, 1.807) is 13.0 Å². The van der Waals surface area contributed by atoms with Crippen LogP contribution < -0.4 is 9.80 Å². The van der Waals surface area contributed by atoms with Crippen LogP contribution in [0.5, 0.6) is 0 Å². The molecular weight excluding hydrogens is 407 g/mol. The van der Waals surface area contributed by atoms with E-state index in [1.807, 2.05) is 52.8 Å². The van der Waals surface area contributed by atoms with Gasteiger partial charge in [-0.3, -0.25) is 4.79 Å². The van der Waals surface area contributed by atoms with Crippen LogP contribution in [0.2, 0.25) is 0 Å². The summed E-state index contributed by atoms with van der Waals surface area (Å²) in [5.41, 5.74) is 5.18. The number of anilines is 2. The largest absolute Gasteiger partial charge is 0.449 e. The first kappa shape index (κ1) is 23.8. The number of nitrogens with zero attached hydrogens (tertiary/aromatic N) is 2. The van der Waals surface area contributed by atoms with Gasteiger partial charge in [-0.25, -0.2) is 14.1 Å². The molecule has 0 radical (unpaired) electrons. The standard InChI is InChI=1S/C26H33FN2O3/c1-7-32-25(31)29(23(30)15-26(4,5)6)24-17(2)12-22(13-18(24)3)28-11-10-19-14-21(27)9-8-20(19)16-28/h8-9,12-14H,7,10-11,15-16H2,1-6H3. The fraction of sp³-hybridized carbons (Fsp3) is 0.462. The van der Waals surface area contributed by atoms with Gasteiger partial charge in [-0.1, -0.05) is 26.8 Å². The van der Waals surface area contributed by atoms with Crippen molar-refractivity contribution in [3.8, 4) is 0 Å². The van der Waals surface area contributed by atoms with Crippen LogP contribution in [0, 0.1) is 25.1 Å². The molecule has 0 bridgehead atoms. The molecule has 2 aromatic carbocycles. The third-order valence-corrected chi connectivity index (χ3v) is 5.63. The number of hydrogen-bond acceptors (Lipinski definition) is 4. The maximum Gasteiger partial charge on any atom is 0.421 e. The lowest BCUT2D eigenvalue weighted by Gasteiger charge is -2.33. The molecule has 0 spiro atoms. The first-order valence-electron chi connectivity index (χ1n) is 11.1. The van der Waals surface area contributed by atoms with Crippen LogP contribution in [0.15, 0.2) is 30.3 Å². The number of carbonyl (C=O) groups is 2. The summed E-state index contributed by atoms with van der Waals surface area (Å²) >= 11 is 0. The third-order valence-electron chi connectivity index (χ3n) is 5.63. The first-order chi connectivity index (χ1) is 15.0. The summed E-state index contributed by atoms with van der Waals surface area (Å²) in [5.74, 6) is -0.476. The van der Waals surface area contributed by atoms with E-state index in [0.29, 0.717) is 12.2 Å². The van der Waals surface area contributed by atoms with Gasteiger partial charge in [0.1, 0.15) is 5.82 Å². The van der Waals surface area contributed by atoms with Gasteiger partial charge in [0.15, 0.2) is 0 Å². The molecule has 2 amide bonds. The van der Waals surface area contributed by atoms with E-state index in [9.17, 15) is 14.0 Å². The van der Waals surface area contributed by atoms with Gasteiger partial charge in [-0.15, -0.1) is 0 Å². The molecule has 1 heterocycles. The Morgan fingerprint density at radius 2 is 1.75 bits per heavy atom. The van der Waals surface area contributed by atoms with Crippen molar-refractivity contribution in [2.75, 3.05) is 23.0 Å². The lowest BCUT2D eigenvalue weighted by molar-refractivity contribution is -0.119. The van der Waals surface area contributed by atoms with Gasteiger partial charge in [-0.2, -0.15) is 0 Å². The number of imide groups is 1. The maximum absolute atomic E-state index is 13.5. The smallest absolute Gasteiger partial charge is 0.421 e. The minimum Gasteiger partial charge on any atom is -0.449 e. The minimum atomic E-state index is -0.644. The number of halogens is 1. The molecule has 0 N–H and O–H groups in total. The van der Waals surface area contributed by atoms with Crippen molar-refractivity contribution in [1.82, 2.24) is 0 Å². The van der Waals surface area contributed by atoms with E-state index in [0.717, 1.165) is 40.9 Å². The molecule has 3 rings (SSSR count). The highest BCUT2D eigenvalue weighted by atomic mass is 19.1. The first-order valence-corrected chi connectivity index (χ1v) is 11.1. The molecule has 1 aliphatic heterocycles. The zero-order valence-electron chi connectivity index (χ0n) is 19.9. The summed E-state index contributed by atoms with van der Waals surface area (Å²) in [7, 11) is 0. The van der Waals surface area contributed by atoms with Crippen molar-refractivity contribution in [3.63, 3.8) is 0 Å². The third kappa shape index (κ3) is 5.29. The Balaban J connectivity index is 1.94. The SMILES string of the molecule is CCOC(=O)N(C(=O)CC(C)(C)C)c1c(C)cc(N2CCc3cc(F)ccc3C2)cc1C. The molecule has 1 aliphatic rings. The summed E-state index contributed by atoms with van der Waals surface area (Å²) in [4.78, 5) is 29.3. The molecule has 5 nitrogen and oxygen atoms in total.